The molecule has 1 unspecified atom stereocenters. The van der Waals surface area contributed by atoms with E-state index in [0.717, 1.165) is 16.4 Å². The number of carbonyl (C=O) groups excluding carboxylic acids is 1. The molecule has 1 atom stereocenters. The molecule has 0 radical (unpaired) electrons. The Bertz CT molecular complexity index is 1230. The highest BCUT2D eigenvalue weighted by Gasteiger charge is 2.42. The third kappa shape index (κ3) is 4.69. The van der Waals surface area contributed by atoms with Crippen molar-refractivity contribution in [2.24, 2.45) is 0 Å². The van der Waals surface area contributed by atoms with E-state index in [0.29, 0.717) is 17.2 Å². The zero-order valence-electron chi connectivity index (χ0n) is 17.2. The minimum Gasteiger partial charge on any atom is -0.300 e. The summed E-state index contributed by atoms with van der Waals surface area (Å²) in [5, 5.41) is 0. The Kier molecular flexibility index (Phi) is 6.36. The predicted octanol–water partition coefficient (Wildman–Crippen LogP) is 4.80. The summed E-state index contributed by atoms with van der Waals surface area (Å²) in [6, 6.07) is 11.7. The number of rotatable bonds is 5. The van der Waals surface area contributed by atoms with E-state index in [2.05, 4.69) is 0 Å². The SMILES string of the molecule is O=C1CCN(S(=O)(=O)c2cc(F)ccc2F)C(C(c2ccc(F)cc2)c2ccc(F)cc2)C1. The van der Waals surface area contributed by atoms with Gasteiger partial charge in [0.05, 0.1) is 0 Å². The van der Waals surface area contributed by atoms with E-state index in [1.165, 1.54) is 48.5 Å². The van der Waals surface area contributed by atoms with E-state index in [1.54, 1.807) is 0 Å². The molecule has 4 nitrogen and oxygen atoms in total. The lowest BCUT2D eigenvalue weighted by Crippen LogP contribution is -2.49. The van der Waals surface area contributed by atoms with Gasteiger partial charge in [-0.15, -0.1) is 0 Å². The summed E-state index contributed by atoms with van der Waals surface area (Å²) in [5.74, 6) is -4.06. The van der Waals surface area contributed by atoms with Crippen molar-refractivity contribution >= 4 is 15.8 Å². The second kappa shape index (κ2) is 9.07. The highest BCUT2D eigenvalue weighted by Crippen LogP contribution is 2.38. The summed E-state index contributed by atoms with van der Waals surface area (Å²) >= 11 is 0. The molecular weight excluding hydrogens is 458 g/mol. The number of piperidine rings is 1. The summed E-state index contributed by atoms with van der Waals surface area (Å²) in [7, 11) is -4.55. The van der Waals surface area contributed by atoms with Gasteiger partial charge in [-0.05, 0) is 53.6 Å². The van der Waals surface area contributed by atoms with Crippen molar-refractivity contribution in [1.82, 2.24) is 4.31 Å². The molecule has 0 aromatic heterocycles. The number of Topliss-reactive ketones (excluding diaryl/α,β-unsaturated/α-hetero) is 1. The second-order valence-electron chi connectivity index (χ2n) is 7.83. The third-order valence-electron chi connectivity index (χ3n) is 5.74. The molecule has 0 spiro atoms. The molecule has 3 aromatic carbocycles. The van der Waals surface area contributed by atoms with Gasteiger partial charge >= 0.3 is 0 Å². The average Bonchev–Trinajstić information content (AvgIpc) is 2.78. The first-order chi connectivity index (χ1) is 15.7. The van der Waals surface area contributed by atoms with Crippen LogP contribution in [0.5, 0.6) is 0 Å². The van der Waals surface area contributed by atoms with Gasteiger partial charge in [0.25, 0.3) is 0 Å². The Labute approximate surface area is 188 Å². The van der Waals surface area contributed by atoms with Crippen molar-refractivity contribution in [3.8, 4) is 0 Å². The number of halogens is 4. The first-order valence-corrected chi connectivity index (χ1v) is 11.6. The highest BCUT2D eigenvalue weighted by atomic mass is 32.2. The standard InChI is InChI=1S/C24H19F4NO3S/c25-17-5-1-15(2-6-17)24(16-3-7-18(26)8-4-16)22-14-20(30)11-12-29(22)33(31,32)23-13-19(27)9-10-21(23)28/h1-10,13,22,24H,11-12,14H2. The first-order valence-electron chi connectivity index (χ1n) is 10.2. The van der Waals surface area contributed by atoms with Gasteiger partial charge in [0.2, 0.25) is 10.0 Å². The topological polar surface area (TPSA) is 54.5 Å². The van der Waals surface area contributed by atoms with Crippen LogP contribution in [-0.4, -0.2) is 31.1 Å². The van der Waals surface area contributed by atoms with Crippen LogP contribution in [0.15, 0.2) is 71.6 Å². The molecule has 1 aliphatic rings. The number of hydrogen-bond acceptors (Lipinski definition) is 3. The number of sulfonamides is 1. The fourth-order valence-electron chi connectivity index (χ4n) is 4.20. The van der Waals surface area contributed by atoms with E-state index in [-0.39, 0.29) is 25.2 Å². The normalized spacial score (nSPS) is 17.5. The fourth-order valence-corrected chi connectivity index (χ4v) is 5.91. The number of nitrogens with zero attached hydrogens (tertiary/aromatic N) is 1. The van der Waals surface area contributed by atoms with Gasteiger partial charge in [0, 0.05) is 31.3 Å². The summed E-state index contributed by atoms with van der Waals surface area (Å²) in [4.78, 5) is 11.6. The molecule has 33 heavy (non-hydrogen) atoms. The summed E-state index contributed by atoms with van der Waals surface area (Å²) < 4.78 is 83.3. The van der Waals surface area contributed by atoms with Crippen molar-refractivity contribution < 1.29 is 30.8 Å². The van der Waals surface area contributed by atoms with Gasteiger partial charge in [0.1, 0.15) is 33.9 Å². The maximum absolute atomic E-state index is 14.4. The molecule has 3 aromatic rings. The Morgan fingerprint density at radius 1 is 0.788 bits per heavy atom. The van der Waals surface area contributed by atoms with Crippen LogP contribution < -0.4 is 0 Å². The van der Waals surface area contributed by atoms with Crippen LogP contribution in [-0.2, 0) is 14.8 Å². The minimum atomic E-state index is -4.55. The van der Waals surface area contributed by atoms with Crippen molar-refractivity contribution in [3.63, 3.8) is 0 Å². The van der Waals surface area contributed by atoms with Gasteiger partial charge in [-0.3, -0.25) is 4.79 Å². The average molecular weight is 477 g/mol. The molecule has 172 valence electrons. The molecule has 0 N–H and O–H groups in total. The molecule has 1 heterocycles. The Morgan fingerprint density at radius 2 is 1.30 bits per heavy atom. The van der Waals surface area contributed by atoms with Crippen LogP contribution >= 0.6 is 0 Å². The molecule has 0 bridgehead atoms. The van der Waals surface area contributed by atoms with Gasteiger partial charge < -0.3 is 0 Å². The molecule has 1 fully saturated rings. The van der Waals surface area contributed by atoms with E-state index in [4.69, 9.17) is 0 Å². The van der Waals surface area contributed by atoms with Crippen LogP contribution in [0, 0.1) is 23.3 Å². The lowest BCUT2D eigenvalue weighted by molar-refractivity contribution is -0.122. The lowest BCUT2D eigenvalue weighted by atomic mass is 9.81. The van der Waals surface area contributed by atoms with E-state index in [1.807, 2.05) is 0 Å². The second-order valence-corrected chi connectivity index (χ2v) is 9.69. The lowest BCUT2D eigenvalue weighted by Gasteiger charge is -2.39. The van der Waals surface area contributed by atoms with E-state index >= 15 is 0 Å². The van der Waals surface area contributed by atoms with Crippen LogP contribution in [0.25, 0.3) is 0 Å². The van der Waals surface area contributed by atoms with E-state index in [9.17, 15) is 30.8 Å². The number of hydrogen-bond donors (Lipinski definition) is 0. The van der Waals surface area contributed by atoms with Crippen LogP contribution in [0.3, 0.4) is 0 Å². The molecule has 4 rings (SSSR count). The maximum Gasteiger partial charge on any atom is 0.246 e. The largest absolute Gasteiger partial charge is 0.300 e. The zero-order chi connectivity index (χ0) is 23.8. The van der Waals surface area contributed by atoms with Crippen molar-refractivity contribution in [2.75, 3.05) is 6.54 Å². The minimum absolute atomic E-state index is 0.0911. The van der Waals surface area contributed by atoms with Gasteiger partial charge in [0.15, 0.2) is 0 Å². The summed E-state index contributed by atoms with van der Waals surface area (Å²) in [6.45, 7) is -0.235. The van der Waals surface area contributed by atoms with Crippen molar-refractivity contribution in [1.29, 1.82) is 0 Å². The van der Waals surface area contributed by atoms with Crippen LogP contribution in [0.1, 0.15) is 29.9 Å². The molecular formula is C24H19F4NO3S. The van der Waals surface area contributed by atoms with Crippen molar-refractivity contribution in [2.45, 2.75) is 29.7 Å². The molecule has 1 saturated heterocycles. The zero-order valence-corrected chi connectivity index (χ0v) is 18.0. The molecule has 1 aliphatic heterocycles. The van der Waals surface area contributed by atoms with Gasteiger partial charge in [-0.2, -0.15) is 4.31 Å². The predicted molar refractivity (Wildman–Crippen MR) is 113 cm³/mol. The first kappa shape index (κ1) is 23.1. The van der Waals surface area contributed by atoms with E-state index < -0.39 is 50.1 Å². The summed E-state index contributed by atoms with van der Waals surface area (Å²) in [5.41, 5.74) is 0.977. The molecule has 0 amide bonds. The Morgan fingerprint density at radius 3 is 1.85 bits per heavy atom. The monoisotopic (exact) mass is 477 g/mol. The number of benzene rings is 3. The van der Waals surface area contributed by atoms with Gasteiger partial charge in [-0.1, -0.05) is 24.3 Å². The smallest absolute Gasteiger partial charge is 0.246 e. The quantitative estimate of drug-likeness (QED) is 0.497. The number of carbonyl (C=O) groups is 1. The molecule has 9 heteroatoms. The maximum atomic E-state index is 14.4. The fraction of sp³-hybridized carbons (Fsp3) is 0.208. The third-order valence-corrected chi connectivity index (χ3v) is 7.68. The molecule has 0 aliphatic carbocycles. The Balaban J connectivity index is 1.87. The van der Waals surface area contributed by atoms with Gasteiger partial charge in [-0.25, -0.2) is 26.0 Å². The number of ketones is 1. The highest BCUT2D eigenvalue weighted by molar-refractivity contribution is 7.89. The van der Waals surface area contributed by atoms with Crippen molar-refractivity contribution in [3.05, 3.63) is 101 Å². The summed E-state index contributed by atoms with van der Waals surface area (Å²) in [6.07, 6.45) is -0.290. The molecule has 0 saturated carbocycles. The van der Waals surface area contributed by atoms with Crippen LogP contribution in [0.4, 0.5) is 17.6 Å². The Hall–Kier alpha value is -3.04. The van der Waals surface area contributed by atoms with Crippen LogP contribution in [0.2, 0.25) is 0 Å².